The first-order valence-electron chi connectivity index (χ1n) is 7.95. The van der Waals surface area contributed by atoms with Gasteiger partial charge in [-0.05, 0) is 35.0 Å². The number of carbonyl (C=O) groups is 1. The fourth-order valence-electron chi connectivity index (χ4n) is 2.37. The predicted octanol–water partition coefficient (Wildman–Crippen LogP) is 2.13. The molecule has 1 heterocycles. The Kier molecular flexibility index (Phi) is 6.53. The smallest absolute Gasteiger partial charge is 0.342 e. The van der Waals surface area contributed by atoms with Crippen LogP contribution in [0.5, 0.6) is 0 Å². The average molecular weight is 443 g/mol. The molecule has 0 spiro atoms. The molecule has 2 rings (SSSR count). The molecule has 1 aromatic carbocycles. The molecule has 142 valence electrons. The number of nitrogens with two attached hydrogens (primary N) is 1. The number of rotatable bonds is 5. The molecule has 2 aromatic rings. The number of nitrogens with zero attached hydrogens (tertiary/aromatic N) is 4. The number of carbonyl (C=O) groups excluding carboxylic acids is 1. The van der Waals surface area contributed by atoms with Crippen molar-refractivity contribution in [3.63, 3.8) is 0 Å². The van der Waals surface area contributed by atoms with Gasteiger partial charge in [-0.3, -0.25) is 9.80 Å². The number of anilines is 2. The fourth-order valence-corrected chi connectivity index (χ4v) is 2.91. The highest BCUT2D eigenvalue weighted by atomic mass is 79.9. The van der Waals surface area contributed by atoms with Gasteiger partial charge in [0.05, 0.1) is 23.7 Å². The molecule has 28 heavy (non-hydrogen) atoms. The van der Waals surface area contributed by atoms with Crippen LogP contribution in [-0.4, -0.2) is 30.3 Å². The van der Waals surface area contributed by atoms with Crippen LogP contribution < -0.4 is 16.3 Å². The van der Waals surface area contributed by atoms with Gasteiger partial charge in [-0.1, -0.05) is 12.1 Å². The third-order valence-corrected chi connectivity index (χ3v) is 4.31. The maximum Gasteiger partial charge on any atom is 0.342 e. The van der Waals surface area contributed by atoms with Gasteiger partial charge in [0.1, 0.15) is 23.3 Å². The molecular formula is C18H15BrN6O3. The zero-order chi connectivity index (χ0) is 20.8. The fraction of sp³-hybridized carbons (Fsp3) is 0.167. The van der Waals surface area contributed by atoms with Gasteiger partial charge in [0.2, 0.25) is 0 Å². The summed E-state index contributed by atoms with van der Waals surface area (Å²) in [4.78, 5) is 26.9. The Morgan fingerprint density at radius 2 is 2.07 bits per heavy atom. The van der Waals surface area contributed by atoms with E-state index in [1.54, 1.807) is 38.2 Å². The summed E-state index contributed by atoms with van der Waals surface area (Å²) in [5, 5.41) is 24.3. The number of nitriles is 2. The number of hydrogen-bond donors (Lipinski definition) is 2. The molecule has 0 saturated carbocycles. The highest BCUT2D eigenvalue weighted by Crippen LogP contribution is 2.25. The number of aromatic amines is 1. The topological polar surface area (TPSA) is 148 Å². The van der Waals surface area contributed by atoms with Crippen LogP contribution >= 0.6 is 15.9 Å². The largest absolute Gasteiger partial charge is 0.462 e. The minimum Gasteiger partial charge on any atom is -0.462 e. The Balaban J connectivity index is 2.71. The number of ether oxygens (including phenoxy) is 1. The number of para-hydroxylation sites is 1. The first-order chi connectivity index (χ1) is 13.3. The number of pyridine rings is 1. The number of benzene rings is 1. The number of aromatic nitrogens is 1. The summed E-state index contributed by atoms with van der Waals surface area (Å²) in [6.07, 6.45) is 0. The van der Waals surface area contributed by atoms with Crippen molar-refractivity contribution in [2.45, 2.75) is 6.92 Å². The molecule has 0 aliphatic heterocycles. The molecule has 0 radical (unpaired) electrons. The number of hydrogen-bond acceptors (Lipinski definition) is 8. The molecule has 9 nitrogen and oxygen atoms in total. The van der Waals surface area contributed by atoms with E-state index in [1.165, 1.54) is 5.01 Å². The summed E-state index contributed by atoms with van der Waals surface area (Å²) >= 11 is 3.38. The van der Waals surface area contributed by atoms with Crippen LogP contribution in [0.4, 0.5) is 11.4 Å². The van der Waals surface area contributed by atoms with Crippen molar-refractivity contribution in [1.29, 1.82) is 10.5 Å². The van der Waals surface area contributed by atoms with E-state index in [1.807, 2.05) is 12.1 Å². The van der Waals surface area contributed by atoms with Gasteiger partial charge in [-0.15, -0.1) is 0 Å². The Morgan fingerprint density at radius 1 is 1.39 bits per heavy atom. The van der Waals surface area contributed by atoms with Gasteiger partial charge in [0.25, 0.3) is 5.56 Å². The monoisotopic (exact) mass is 442 g/mol. The zero-order valence-corrected chi connectivity index (χ0v) is 16.6. The van der Waals surface area contributed by atoms with Crippen molar-refractivity contribution >= 4 is 39.0 Å². The van der Waals surface area contributed by atoms with E-state index in [4.69, 9.17) is 15.7 Å². The van der Waals surface area contributed by atoms with Crippen molar-refractivity contribution < 1.29 is 9.53 Å². The van der Waals surface area contributed by atoms with Crippen LogP contribution in [0.3, 0.4) is 0 Å². The zero-order valence-electron chi connectivity index (χ0n) is 15.0. The van der Waals surface area contributed by atoms with Crippen LogP contribution in [0.1, 0.15) is 28.5 Å². The van der Waals surface area contributed by atoms with Gasteiger partial charge in [-0.25, -0.2) is 4.79 Å². The van der Waals surface area contributed by atoms with Crippen molar-refractivity contribution in [2.24, 2.45) is 5.10 Å². The Hall–Kier alpha value is -3.63. The molecule has 10 heteroatoms. The van der Waals surface area contributed by atoms with Gasteiger partial charge in [-0.2, -0.15) is 15.6 Å². The van der Waals surface area contributed by atoms with Crippen molar-refractivity contribution in [1.82, 2.24) is 4.98 Å². The normalized spacial score (nSPS) is 10.7. The van der Waals surface area contributed by atoms with E-state index in [0.29, 0.717) is 5.69 Å². The average Bonchev–Trinajstić information content (AvgIpc) is 2.66. The van der Waals surface area contributed by atoms with Gasteiger partial charge in [0, 0.05) is 11.5 Å². The number of esters is 1. The first kappa shape index (κ1) is 20.7. The Morgan fingerprint density at radius 3 is 2.64 bits per heavy atom. The predicted molar refractivity (Wildman–Crippen MR) is 107 cm³/mol. The molecule has 1 aromatic heterocycles. The summed E-state index contributed by atoms with van der Waals surface area (Å²) in [5.74, 6) is -0.880. The van der Waals surface area contributed by atoms with Gasteiger partial charge in [0.15, 0.2) is 5.71 Å². The summed E-state index contributed by atoms with van der Waals surface area (Å²) in [6, 6.07) is 10.6. The first-order valence-corrected chi connectivity index (χ1v) is 8.75. The van der Waals surface area contributed by atoms with Crippen LogP contribution in [-0.2, 0) is 4.74 Å². The lowest BCUT2D eigenvalue weighted by Crippen LogP contribution is -2.26. The van der Waals surface area contributed by atoms with Gasteiger partial charge >= 0.3 is 5.97 Å². The van der Waals surface area contributed by atoms with E-state index in [0.717, 1.165) is 4.47 Å². The van der Waals surface area contributed by atoms with Crippen LogP contribution in [0.2, 0.25) is 0 Å². The van der Waals surface area contributed by atoms with E-state index in [-0.39, 0.29) is 29.3 Å². The molecule has 0 aliphatic rings. The lowest BCUT2D eigenvalue weighted by molar-refractivity contribution is 0.0527. The molecule has 0 unspecified atom stereocenters. The van der Waals surface area contributed by atoms with Crippen molar-refractivity contribution in [3.05, 3.63) is 55.9 Å². The second-order valence-corrected chi connectivity index (χ2v) is 6.21. The molecule has 0 fully saturated rings. The number of nitrogen functional groups attached to an aromatic ring is 1. The minimum absolute atomic E-state index is 0.0363. The molecule has 3 N–H and O–H groups in total. The minimum atomic E-state index is -0.880. The number of H-pyrrole nitrogens is 1. The third kappa shape index (κ3) is 4.03. The SMILES string of the molecule is CCOC(=O)c1c(/C(C#N)=N/N(C)c2ccccc2Br)[nH]c(=O)c(C#N)c1N. The summed E-state index contributed by atoms with van der Waals surface area (Å²) < 4.78 is 5.68. The lowest BCUT2D eigenvalue weighted by atomic mass is 10.0. The van der Waals surface area contributed by atoms with Crippen molar-refractivity contribution in [2.75, 3.05) is 24.4 Å². The third-order valence-electron chi connectivity index (χ3n) is 3.64. The number of nitrogens with one attached hydrogen (secondary N) is 1. The van der Waals surface area contributed by atoms with Gasteiger partial charge < -0.3 is 15.5 Å². The highest BCUT2D eigenvalue weighted by molar-refractivity contribution is 9.10. The number of hydrazone groups is 1. The lowest BCUT2D eigenvalue weighted by Gasteiger charge is -2.16. The molecule has 0 amide bonds. The van der Waals surface area contributed by atoms with E-state index < -0.39 is 17.1 Å². The second kappa shape index (κ2) is 8.84. The highest BCUT2D eigenvalue weighted by Gasteiger charge is 2.26. The molecule has 0 aliphatic carbocycles. The summed E-state index contributed by atoms with van der Waals surface area (Å²) in [7, 11) is 1.59. The molecular weight excluding hydrogens is 428 g/mol. The van der Waals surface area contributed by atoms with Crippen molar-refractivity contribution in [3.8, 4) is 12.1 Å². The Labute approximate surface area is 168 Å². The maximum absolute atomic E-state index is 12.4. The van der Waals surface area contributed by atoms with Crippen LogP contribution in [0.15, 0.2) is 38.6 Å². The van der Waals surface area contributed by atoms with Crippen LogP contribution in [0.25, 0.3) is 0 Å². The maximum atomic E-state index is 12.4. The summed E-state index contributed by atoms with van der Waals surface area (Å²) in [5.41, 5.74) is 4.05. The van der Waals surface area contributed by atoms with E-state index in [2.05, 4.69) is 26.0 Å². The Bertz CT molecular complexity index is 1090. The molecule has 0 saturated heterocycles. The van der Waals surface area contributed by atoms with E-state index in [9.17, 15) is 14.9 Å². The number of halogens is 1. The summed E-state index contributed by atoms with van der Waals surface area (Å²) in [6.45, 7) is 1.62. The second-order valence-electron chi connectivity index (χ2n) is 5.36. The van der Waals surface area contributed by atoms with E-state index >= 15 is 0 Å². The molecule has 0 bridgehead atoms. The standard InChI is InChI=1S/C18H15BrN6O3/c1-3-28-18(27)14-15(22)10(8-20)17(26)23-16(14)12(9-21)24-25(2)13-7-5-4-6-11(13)19/h4-7H,3H2,1-2H3,(H3,22,23,26)/b24-12+. The quantitative estimate of drug-likeness (QED) is 0.409. The molecule has 0 atom stereocenters. The van der Waals surface area contributed by atoms with Crippen LogP contribution in [0, 0.1) is 22.7 Å².